The van der Waals surface area contributed by atoms with Crippen molar-refractivity contribution in [1.82, 2.24) is 5.32 Å². The molecule has 1 N–H and O–H groups in total. The van der Waals surface area contributed by atoms with E-state index in [1.165, 1.54) is 0 Å². The largest absolute Gasteiger partial charge is 0.492 e. The molecule has 1 atom stereocenters. The zero-order valence-corrected chi connectivity index (χ0v) is 15.5. The van der Waals surface area contributed by atoms with Crippen LogP contribution >= 0.6 is 23.2 Å². The second kappa shape index (κ2) is 8.43. The summed E-state index contributed by atoms with van der Waals surface area (Å²) < 4.78 is 5.53. The summed E-state index contributed by atoms with van der Waals surface area (Å²) in [6, 6.07) is 14.0. The summed E-state index contributed by atoms with van der Waals surface area (Å²) in [5, 5.41) is 4.07. The van der Waals surface area contributed by atoms with Crippen LogP contribution in [0.3, 0.4) is 0 Å². The monoisotopic (exact) mass is 392 g/mol. The SMILES string of the molecule is O=C(NCCOc1ccc(Cl)cc1)[C@H]1CC(=O)N(c2ccc(Cl)cc2)C1. The van der Waals surface area contributed by atoms with E-state index in [4.69, 9.17) is 27.9 Å². The first-order chi connectivity index (χ1) is 12.5. The third-order valence-corrected chi connectivity index (χ3v) is 4.62. The summed E-state index contributed by atoms with van der Waals surface area (Å²) in [5.41, 5.74) is 0.751. The number of carbonyl (C=O) groups excluding carboxylic acids is 2. The normalized spacial score (nSPS) is 16.6. The summed E-state index contributed by atoms with van der Waals surface area (Å²) in [7, 11) is 0. The van der Waals surface area contributed by atoms with Crippen LogP contribution in [0.4, 0.5) is 5.69 Å². The maximum atomic E-state index is 12.3. The standard InChI is InChI=1S/C19H18Cl2N2O3/c20-14-1-5-16(6-2-14)23-12-13(11-18(23)24)19(25)22-9-10-26-17-7-3-15(21)4-8-17/h1-8,13H,9-12H2,(H,22,25)/t13-/m0/s1. The molecule has 136 valence electrons. The second-order valence-corrected chi connectivity index (χ2v) is 6.85. The number of rotatable bonds is 6. The number of nitrogens with zero attached hydrogens (tertiary/aromatic N) is 1. The van der Waals surface area contributed by atoms with Crippen LogP contribution in [0.2, 0.25) is 10.0 Å². The fraction of sp³-hybridized carbons (Fsp3) is 0.263. The van der Waals surface area contributed by atoms with E-state index in [1.807, 2.05) is 0 Å². The predicted molar refractivity (Wildman–Crippen MR) is 102 cm³/mol. The molecule has 0 unspecified atom stereocenters. The van der Waals surface area contributed by atoms with E-state index in [-0.39, 0.29) is 24.2 Å². The highest BCUT2D eigenvalue weighted by atomic mass is 35.5. The molecule has 3 rings (SSSR count). The number of nitrogens with one attached hydrogen (secondary N) is 1. The Morgan fingerprint density at radius 2 is 1.69 bits per heavy atom. The van der Waals surface area contributed by atoms with Crippen molar-refractivity contribution in [1.29, 1.82) is 0 Å². The zero-order chi connectivity index (χ0) is 18.5. The number of carbonyl (C=O) groups is 2. The molecular weight excluding hydrogens is 375 g/mol. The van der Waals surface area contributed by atoms with Crippen LogP contribution in [0.1, 0.15) is 6.42 Å². The van der Waals surface area contributed by atoms with Gasteiger partial charge in [0.05, 0.1) is 12.5 Å². The zero-order valence-electron chi connectivity index (χ0n) is 14.0. The van der Waals surface area contributed by atoms with Crippen molar-refractivity contribution in [2.75, 3.05) is 24.6 Å². The Labute approximate surface area is 161 Å². The van der Waals surface area contributed by atoms with Crippen molar-refractivity contribution < 1.29 is 14.3 Å². The maximum Gasteiger partial charge on any atom is 0.227 e. The molecule has 1 aliphatic heterocycles. The highest BCUT2D eigenvalue weighted by Crippen LogP contribution is 2.26. The number of ether oxygens (including phenoxy) is 1. The van der Waals surface area contributed by atoms with Gasteiger partial charge in [0.2, 0.25) is 11.8 Å². The van der Waals surface area contributed by atoms with Crippen LogP contribution in [0.25, 0.3) is 0 Å². The minimum absolute atomic E-state index is 0.0649. The fourth-order valence-corrected chi connectivity index (χ4v) is 3.02. The van der Waals surface area contributed by atoms with Gasteiger partial charge in [-0.2, -0.15) is 0 Å². The number of hydrogen-bond donors (Lipinski definition) is 1. The molecule has 1 aliphatic rings. The third-order valence-electron chi connectivity index (χ3n) is 4.12. The van der Waals surface area contributed by atoms with Gasteiger partial charge in [-0.15, -0.1) is 0 Å². The van der Waals surface area contributed by atoms with E-state index in [0.717, 1.165) is 5.69 Å². The van der Waals surface area contributed by atoms with Crippen molar-refractivity contribution in [2.24, 2.45) is 5.92 Å². The van der Waals surface area contributed by atoms with Gasteiger partial charge in [0.1, 0.15) is 12.4 Å². The minimum Gasteiger partial charge on any atom is -0.492 e. The quantitative estimate of drug-likeness (QED) is 0.764. The van der Waals surface area contributed by atoms with E-state index in [9.17, 15) is 9.59 Å². The molecule has 0 aromatic heterocycles. The lowest BCUT2D eigenvalue weighted by atomic mass is 10.1. The summed E-state index contributed by atoms with van der Waals surface area (Å²) in [6.07, 6.45) is 0.201. The molecule has 0 spiro atoms. The molecule has 1 heterocycles. The van der Waals surface area contributed by atoms with Gasteiger partial charge in [0, 0.05) is 28.7 Å². The van der Waals surface area contributed by atoms with Crippen molar-refractivity contribution in [2.45, 2.75) is 6.42 Å². The smallest absolute Gasteiger partial charge is 0.227 e. The van der Waals surface area contributed by atoms with Gasteiger partial charge < -0.3 is 15.0 Å². The highest BCUT2D eigenvalue weighted by molar-refractivity contribution is 6.30. The van der Waals surface area contributed by atoms with Gasteiger partial charge in [-0.25, -0.2) is 0 Å². The van der Waals surface area contributed by atoms with E-state index in [2.05, 4.69) is 5.32 Å². The Bertz CT molecular complexity index is 778. The molecule has 0 saturated carbocycles. The van der Waals surface area contributed by atoms with Crippen LogP contribution in [-0.2, 0) is 9.59 Å². The molecule has 2 aromatic rings. The van der Waals surface area contributed by atoms with Crippen LogP contribution in [0.15, 0.2) is 48.5 Å². The predicted octanol–water partition coefficient (Wildman–Crippen LogP) is 3.54. The number of hydrogen-bond acceptors (Lipinski definition) is 3. The molecule has 0 aliphatic carbocycles. The Morgan fingerprint density at radius 3 is 2.35 bits per heavy atom. The molecule has 26 heavy (non-hydrogen) atoms. The fourth-order valence-electron chi connectivity index (χ4n) is 2.77. The first-order valence-corrected chi connectivity index (χ1v) is 9.00. The lowest BCUT2D eigenvalue weighted by molar-refractivity contribution is -0.126. The van der Waals surface area contributed by atoms with Gasteiger partial charge in [-0.05, 0) is 48.5 Å². The highest BCUT2D eigenvalue weighted by Gasteiger charge is 2.34. The summed E-state index contributed by atoms with van der Waals surface area (Å²) in [5.74, 6) is 0.113. The molecule has 1 saturated heterocycles. The number of anilines is 1. The molecule has 0 radical (unpaired) electrons. The minimum atomic E-state index is -0.367. The van der Waals surface area contributed by atoms with E-state index >= 15 is 0 Å². The van der Waals surface area contributed by atoms with Gasteiger partial charge in [-0.1, -0.05) is 23.2 Å². The Kier molecular flexibility index (Phi) is 6.01. The van der Waals surface area contributed by atoms with Crippen molar-refractivity contribution in [3.8, 4) is 5.75 Å². The Hall–Kier alpha value is -2.24. The van der Waals surface area contributed by atoms with E-state index in [1.54, 1.807) is 53.4 Å². The van der Waals surface area contributed by atoms with Crippen molar-refractivity contribution >= 4 is 40.7 Å². The summed E-state index contributed by atoms with van der Waals surface area (Å²) in [6.45, 7) is 1.08. The lowest BCUT2D eigenvalue weighted by Crippen LogP contribution is -2.35. The second-order valence-electron chi connectivity index (χ2n) is 5.98. The summed E-state index contributed by atoms with van der Waals surface area (Å²) >= 11 is 11.7. The molecule has 7 heteroatoms. The van der Waals surface area contributed by atoms with E-state index < -0.39 is 0 Å². The Balaban J connectivity index is 1.45. The average molecular weight is 393 g/mol. The van der Waals surface area contributed by atoms with Gasteiger partial charge in [0.15, 0.2) is 0 Å². The summed E-state index contributed by atoms with van der Waals surface area (Å²) in [4.78, 5) is 26.1. The Morgan fingerprint density at radius 1 is 1.08 bits per heavy atom. The van der Waals surface area contributed by atoms with Crippen molar-refractivity contribution in [3.05, 3.63) is 58.6 Å². The molecule has 0 bridgehead atoms. The molecule has 2 amide bonds. The molecular formula is C19H18Cl2N2O3. The molecule has 2 aromatic carbocycles. The lowest BCUT2D eigenvalue weighted by Gasteiger charge is -2.16. The van der Waals surface area contributed by atoms with Gasteiger partial charge in [-0.3, -0.25) is 9.59 Å². The van der Waals surface area contributed by atoms with Gasteiger partial charge in [0.25, 0.3) is 0 Å². The number of benzene rings is 2. The number of halogens is 2. The first-order valence-electron chi connectivity index (χ1n) is 8.25. The van der Waals surface area contributed by atoms with Crippen molar-refractivity contribution in [3.63, 3.8) is 0 Å². The molecule has 1 fully saturated rings. The number of amides is 2. The maximum absolute atomic E-state index is 12.3. The van der Waals surface area contributed by atoms with Gasteiger partial charge >= 0.3 is 0 Å². The van der Waals surface area contributed by atoms with Crippen LogP contribution < -0.4 is 15.0 Å². The topological polar surface area (TPSA) is 58.6 Å². The van der Waals surface area contributed by atoms with E-state index in [0.29, 0.717) is 35.5 Å². The van der Waals surface area contributed by atoms with Crippen LogP contribution in [-0.4, -0.2) is 31.5 Å². The van der Waals surface area contributed by atoms with Crippen LogP contribution in [0, 0.1) is 5.92 Å². The third kappa shape index (κ3) is 4.68. The first kappa shape index (κ1) is 18.5. The average Bonchev–Trinajstić information content (AvgIpc) is 3.02. The van der Waals surface area contributed by atoms with Crippen LogP contribution in [0.5, 0.6) is 5.75 Å². The molecule has 5 nitrogen and oxygen atoms in total.